The van der Waals surface area contributed by atoms with Gasteiger partial charge in [-0.2, -0.15) is 10.2 Å². The molecule has 0 radical (unpaired) electrons. The van der Waals surface area contributed by atoms with Gasteiger partial charge in [-0.25, -0.2) is 0 Å². The normalized spacial score (nSPS) is 15.4. The molecular weight excluding hydrogens is 460 g/mol. The summed E-state index contributed by atoms with van der Waals surface area (Å²) in [5, 5.41) is 13.6. The van der Waals surface area contributed by atoms with Crippen LogP contribution in [0.25, 0.3) is 0 Å². The second kappa shape index (κ2) is 11.2. The molecule has 1 atom stereocenters. The van der Waals surface area contributed by atoms with Gasteiger partial charge in [-0.15, -0.1) is 0 Å². The molecule has 2 heterocycles. The summed E-state index contributed by atoms with van der Waals surface area (Å²) >= 11 is 5.93. The topological polar surface area (TPSA) is 74.3 Å². The summed E-state index contributed by atoms with van der Waals surface area (Å²) in [5.41, 5.74) is 2.93. The molecule has 0 saturated carbocycles. The number of ether oxygens (including phenoxy) is 1. The van der Waals surface area contributed by atoms with Crippen LogP contribution in [0.1, 0.15) is 68.8 Å². The predicted octanol–water partition coefficient (Wildman–Crippen LogP) is 6.72. The molecular formula is C28H33ClN4O2. The molecule has 3 aromatic rings. The van der Waals surface area contributed by atoms with Crippen LogP contribution in [-0.2, 0) is 12.0 Å². The molecule has 1 aliphatic heterocycles. The van der Waals surface area contributed by atoms with Crippen LogP contribution < -0.4 is 10.1 Å². The van der Waals surface area contributed by atoms with Crippen LogP contribution in [0.4, 0.5) is 5.88 Å². The number of hydrogen-bond acceptors (Lipinski definition) is 6. The minimum Gasteiger partial charge on any atom is -0.484 e. The maximum Gasteiger partial charge on any atom is 0.236 e. The summed E-state index contributed by atoms with van der Waals surface area (Å²) in [6.45, 7) is 9.57. The number of aromatic nitrogens is 1. The predicted molar refractivity (Wildman–Crippen MR) is 139 cm³/mol. The Bertz CT molecular complexity index is 1140. The Hall–Kier alpha value is -3.01. The molecule has 7 heteroatoms. The maximum absolute atomic E-state index is 9.61. The van der Waals surface area contributed by atoms with Crippen molar-refractivity contribution in [2.24, 2.45) is 0 Å². The highest BCUT2D eigenvalue weighted by Crippen LogP contribution is 2.29. The van der Waals surface area contributed by atoms with E-state index < -0.39 is 0 Å². The van der Waals surface area contributed by atoms with E-state index in [0.29, 0.717) is 29.1 Å². The summed E-state index contributed by atoms with van der Waals surface area (Å²) < 4.78 is 11.6. The second-order valence-corrected chi connectivity index (χ2v) is 10.4. The smallest absolute Gasteiger partial charge is 0.236 e. The summed E-state index contributed by atoms with van der Waals surface area (Å²) in [6, 6.07) is 18.3. The largest absolute Gasteiger partial charge is 0.484 e. The molecule has 0 amide bonds. The zero-order valence-corrected chi connectivity index (χ0v) is 21.4. The maximum atomic E-state index is 9.61. The van der Waals surface area contributed by atoms with Crippen LogP contribution in [0, 0.1) is 11.3 Å². The van der Waals surface area contributed by atoms with E-state index in [1.54, 1.807) is 24.3 Å². The van der Waals surface area contributed by atoms with Crippen LogP contribution in [0.3, 0.4) is 0 Å². The number of halogens is 1. The molecule has 1 aromatic heterocycles. The fourth-order valence-corrected chi connectivity index (χ4v) is 4.51. The minimum atomic E-state index is 0.115. The third-order valence-electron chi connectivity index (χ3n) is 6.40. The van der Waals surface area contributed by atoms with E-state index >= 15 is 0 Å². The molecule has 1 N–H and O–H groups in total. The molecule has 1 fully saturated rings. The monoisotopic (exact) mass is 492 g/mol. The molecule has 2 aromatic carbocycles. The first kappa shape index (κ1) is 25.1. The number of nitrogens with zero attached hydrogens (tertiary/aromatic N) is 3. The highest BCUT2D eigenvalue weighted by Gasteiger charge is 2.24. The fourth-order valence-electron chi connectivity index (χ4n) is 4.38. The van der Waals surface area contributed by atoms with Gasteiger partial charge in [-0.3, -0.25) is 4.90 Å². The van der Waals surface area contributed by atoms with Crippen LogP contribution in [0.2, 0.25) is 5.02 Å². The van der Waals surface area contributed by atoms with Crippen molar-refractivity contribution < 1.29 is 9.15 Å². The molecule has 0 aliphatic carbocycles. The number of nitrogens with one attached hydrogen (secondary N) is 1. The number of piperidine rings is 1. The third kappa shape index (κ3) is 6.56. The van der Waals surface area contributed by atoms with Gasteiger partial charge in [0.25, 0.3) is 0 Å². The van der Waals surface area contributed by atoms with E-state index in [2.05, 4.69) is 66.3 Å². The lowest BCUT2D eigenvalue weighted by Crippen LogP contribution is -2.37. The Balaban J connectivity index is 1.47. The van der Waals surface area contributed by atoms with Crippen molar-refractivity contribution in [2.75, 3.05) is 25.0 Å². The number of likely N-dealkylation sites (tertiary alicyclic amines) is 1. The van der Waals surface area contributed by atoms with Crippen molar-refractivity contribution in [1.82, 2.24) is 9.88 Å². The number of hydrogen-bond donors (Lipinski definition) is 1. The zero-order valence-electron chi connectivity index (χ0n) is 20.7. The lowest BCUT2D eigenvalue weighted by Gasteiger charge is -2.35. The van der Waals surface area contributed by atoms with Crippen molar-refractivity contribution in [3.63, 3.8) is 0 Å². The van der Waals surface area contributed by atoms with Crippen LogP contribution in [-0.4, -0.2) is 29.5 Å². The van der Waals surface area contributed by atoms with Crippen molar-refractivity contribution in [3.05, 3.63) is 76.3 Å². The molecule has 35 heavy (non-hydrogen) atoms. The number of oxazole rings is 1. The van der Waals surface area contributed by atoms with Gasteiger partial charge in [0.2, 0.25) is 17.5 Å². The Morgan fingerprint density at radius 3 is 2.40 bits per heavy atom. The van der Waals surface area contributed by atoms with E-state index in [-0.39, 0.29) is 23.8 Å². The quantitative estimate of drug-likeness (QED) is 0.376. The van der Waals surface area contributed by atoms with Crippen molar-refractivity contribution in [3.8, 4) is 11.8 Å². The van der Waals surface area contributed by atoms with Crippen molar-refractivity contribution >= 4 is 17.5 Å². The zero-order chi connectivity index (χ0) is 24.8. The van der Waals surface area contributed by atoms with Crippen LogP contribution in [0.5, 0.6) is 5.75 Å². The van der Waals surface area contributed by atoms with E-state index in [1.807, 2.05) is 0 Å². The van der Waals surface area contributed by atoms with Gasteiger partial charge in [0.1, 0.15) is 11.8 Å². The first-order chi connectivity index (χ1) is 16.8. The molecule has 184 valence electrons. The molecule has 0 bridgehead atoms. The molecule has 4 rings (SSSR count). The fraction of sp³-hybridized carbons (Fsp3) is 0.429. The van der Waals surface area contributed by atoms with Gasteiger partial charge in [0.05, 0.1) is 6.04 Å². The Labute approximate surface area is 212 Å². The highest BCUT2D eigenvalue weighted by molar-refractivity contribution is 6.30. The second-order valence-electron chi connectivity index (χ2n) is 10.0. The lowest BCUT2D eigenvalue weighted by atomic mass is 9.86. The van der Waals surface area contributed by atoms with Gasteiger partial charge >= 0.3 is 0 Å². The lowest BCUT2D eigenvalue weighted by molar-refractivity contribution is 0.170. The highest BCUT2D eigenvalue weighted by atomic mass is 35.5. The summed E-state index contributed by atoms with van der Waals surface area (Å²) in [6.07, 6.45) is 3.68. The number of anilines is 1. The SMILES string of the molecule is CC(C)(C)c1ccc(C(CNc2oc(COc3ccc(Cl)cc3)nc2C#N)N2CCCCC2)cc1. The van der Waals surface area contributed by atoms with Crippen molar-refractivity contribution in [1.29, 1.82) is 5.26 Å². The average Bonchev–Trinajstić information content (AvgIpc) is 3.26. The van der Waals surface area contributed by atoms with Gasteiger partial charge in [-0.1, -0.05) is 63.1 Å². The standard InChI is InChI=1S/C28H33ClN4O2/c1-28(2,3)21-9-7-20(8-10-21)25(33-15-5-4-6-16-33)18-31-27-24(17-30)32-26(35-27)19-34-23-13-11-22(29)12-14-23/h7-14,25,31H,4-6,15-16,18-19H2,1-3H3. The Kier molecular flexibility index (Phi) is 8.00. The van der Waals surface area contributed by atoms with E-state index in [1.165, 1.54) is 30.4 Å². The first-order valence-corrected chi connectivity index (χ1v) is 12.6. The van der Waals surface area contributed by atoms with E-state index in [9.17, 15) is 5.26 Å². The van der Waals surface area contributed by atoms with E-state index in [4.69, 9.17) is 20.8 Å². The summed E-state index contributed by atoms with van der Waals surface area (Å²) in [7, 11) is 0. The van der Waals surface area contributed by atoms with Gasteiger partial charge < -0.3 is 14.5 Å². The molecule has 6 nitrogen and oxygen atoms in total. The first-order valence-electron chi connectivity index (χ1n) is 12.2. The van der Waals surface area contributed by atoms with Gasteiger partial charge in [0.15, 0.2) is 6.61 Å². The minimum absolute atomic E-state index is 0.115. The molecule has 1 saturated heterocycles. The molecule has 1 unspecified atom stereocenters. The summed E-state index contributed by atoms with van der Waals surface area (Å²) in [5.74, 6) is 1.39. The Morgan fingerprint density at radius 1 is 1.09 bits per heavy atom. The number of nitriles is 1. The van der Waals surface area contributed by atoms with Crippen LogP contribution >= 0.6 is 11.6 Å². The van der Waals surface area contributed by atoms with E-state index in [0.717, 1.165) is 13.1 Å². The van der Waals surface area contributed by atoms with Gasteiger partial charge in [-0.05, 0) is 66.7 Å². The average molecular weight is 493 g/mol. The summed E-state index contributed by atoms with van der Waals surface area (Å²) in [4.78, 5) is 6.83. The van der Waals surface area contributed by atoms with Gasteiger partial charge in [0, 0.05) is 11.6 Å². The number of rotatable bonds is 8. The molecule has 0 spiro atoms. The Morgan fingerprint density at radius 2 is 1.77 bits per heavy atom. The third-order valence-corrected chi connectivity index (χ3v) is 6.65. The van der Waals surface area contributed by atoms with Crippen LogP contribution in [0.15, 0.2) is 52.9 Å². The van der Waals surface area contributed by atoms with Crippen molar-refractivity contribution in [2.45, 2.75) is 58.1 Å². The molecule has 1 aliphatic rings. The number of benzene rings is 2.